The van der Waals surface area contributed by atoms with Crippen LogP contribution in [0, 0.1) is 0 Å². The number of hydrogen-bond acceptors (Lipinski definition) is 3. The Morgan fingerprint density at radius 3 is 2.64 bits per heavy atom. The van der Waals surface area contributed by atoms with Gasteiger partial charge in [-0.2, -0.15) is 5.10 Å². The van der Waals surface area contributed by atoms with Gasteiger partial charge in [-0.1, -0.05) is 43.7 Å². The van der Waals surface area contributed by atoms with Gasteiger partial charge in [0.05, 0.1) is 12.2 Å². The fourth-order valence-corrected chi connectivity index (χ4v) is 3.55. The molecule has 1 aliphatic rings. The summed E-state index contributed by atoms with van der Waals surface area (Å²) in [6.45, 7) is 2.52. The summed E-state index contributed by atoms with van der Waals surface area (Å²) in [5.41, 5.74) is 4.46. The number of phenols is 1. The van der Waals surface area contributed by atoms with Crippen molar-refractivity contribution in [3.05, 3.63) is 65.9 Å². The summed E-state index contributed by atoms with van der Waals surface area (Å²) in [6.07, 6.45) is 4.02. The number of carbonyl (C=O) groups excluding carboxylic acids is 1. The minimum absolute atomic E-state index is 0.0543. The maximum atomic E-state index is 11.7. The summed E-state index contributed by atoms with van der Waals surface area (Å²) in [5.74, 6) is 0.635. The van der Waals surface area contributed by atoms with Crippen molar-refractivity contribution in [1.29, 1.82) is 0 Å². The lowest BCUT2D eigenvalue weighted by molar-refractivity contribution is -0.115. The van der Waals surface area contributed by atoms with Crippen LogP contribution >= 0.6 is 0 Å². The quantitative estimate of drug-likeness (QED) is 0.601. The average molecular weight is 375 g/mol. The monoisotopic (exact) mass is 375 g/mol. The van der Waals surface area contributed by atoms with Gasteiger partial charge in [0.25, 0.3) is 0 Å². The first-order valence-electron chi connectivity index (χ1n) is 9.89. The van der Waals surface area contributed by atoms with Gasteiger partial charge in [0.15, 0.2) is 0 Å². The summed E-state index contributed by atoms with van der Waals surface area (Å²) >= 11 is 0. The fourth-order valence-electron chi connectivity index (χ4n) is 3.55. The Morgan fingerprint density at radius 2 is 1.96 bits per heavy atom. The highest BCUT2D eigenvalue weighted by atomic mass is 16.3. The van der Waals surface area contributed by atoms with E-state index < -0.39 is 0 Å². The molecule has 0 bridgehead atoms. The largest absolute Gasteiger partial charge is 0.507 e. The number of aromatic hydroxyl groups is 1. The van der Waals surface area contributed by atoms with Crippen LogP contribution in [0.4, 0.5) is 5.69 Å². The van der Waals surface area contributed by atoms with E-state index >= 15 is 0 Å². The molecule has 4 rings (SSSR count). The molecule has 1 fully saturated rings. The molecular weight excluding hydrogens is 350 g/mol. The van der Waals surface area contributed by atoms with Crippen molar-refractivity contribution in [2.24, 2.45) is 0 Å². The molecule has 0 radical (unpaired) electrons. The van der Waals surface area contributed by atoms with Gasteiger partial charge in [0.2, 0.25) is 5.91 Å². The molecule has 1 aromatic heterocycles. The zero-order valence-corrected chi connectivity index (χ0v) is 16.1. The van der Waals surface area contributed by atoms with E-state index in [1.165, 1.54) is 30.5 Å². The van der Waals surface area contributed by atoms with Gasteiger partial charge in [-0.3, -0.25) is 9.48 Å². The molecule has 0 saturated heterocycles. The lowest BCUT2D eigenvalue weighted by atomic mass is 9.82. The first-order chi connectivity index (χ1) is 13.6. The highest BCUT2D eigenvalue weighted by molar-refractivity contribution is 5.91. The maximum absolute atomic E-state index is 11.7. The normalized spacial score (nSPS) is 13.9. The number of anilines is 1. The Labute approximate surface area is 165 Å². The predicted molar refractivity (Wildman–Crippen MR) is 110 cm³/mol. The van der Waals surface area contributed by atoms with Gasteiger partial charge in [-0.25, -0.2) is 0 Å². The Kier molecular flexibility index (Phi) is 5.15. The first kappa shape index (κ1) is 18.3. The van der Waals surface area contributed by atoms with Gasteiger partial charge in [0.1, 0.15) is 5.75 Å². The predicted octanol–water partition coefficient (Wildman–Crippen LogP) is 4.92. The van der Waals surface area contributed by atoms with Crippen LogP contribution in [-0.2, 0) is 11.3 Å². The molecule has 1 saturated carbocycles. The van der Waals surface area contributed by atoms with Crippen molar-refractivity contribution in [3.8, 4) is 17.0 Å². The molecule has 2 N–H and O–H groups in total. The number of nitrogens with zero attached hydrogens (tertiary/aromatic N) is 2. The fraction of sp³-hybridized carbons (Fsp3) is 0.304. The second-order valence-corrected chi connectivity index (χ2v) is 7.36. The Hall–Kier alpha value is -3.08. The minimum atomic E-state index is -0.0543. The lowest BCUT2D eigenvalue weighted by Crippen LogP contribution is -2.15. The second-order valence-electron chi connectivity index (χ2n) is 7.36. The maximum Gasteiger partial charge on any atom is 0.224 e. The molecule has 5 nitrogen and oxygen atoms in total. The summed E-state index contributed by atoms with van der Waals surface area (Å²) in [6, 6.07) is 17.5. The van der Waals surface area contributed by atoms with Crippen LogP contribution in [0.15, 0.2) is 54.6 Å². The summed E-state index contributed by atoms with van der Waals surface area (Å²) in [7, 11) is 0. The van der Waals surface area contributed by atoms with Crippen molar-refractivity contribution in [2.75, 3.05) is 5.32 Å². The number of aromatic nitrogens is 2. The van der Waals surface area contributed by atoms with Gasteiger partial charge < -0.3 is 10.4 Å². The zero-order chi connectivity index (χ0) is 19.5. The van der Waals surface area contributed by atoms with Gasteiger partial charge in [-0.05, 0) is 42.7 Å². The van der Waals surface area contributed by atoms with Crippen LogP contribution in [0.5, 0.6) is 5.75 Å². The molecule has 1 aliphatic carbocycles. The standard InChI is InChI=1S/C23H25N3O2/c1-2-23(28)24-18-11-12-22(27)19(13-18)20-14-21(17-9-6-10-17)26(25-20)15-16-7-4-3-5-8-16/h3-5,7-8,11-14,17,27H,2,6,9-10,15H2,1H3,(H,24,28). The topological polar surface area (TPSA) is 67.2 Å². The Morgan fingerprint density at radius 1 is 1.18 bits per heavy atom. The van der Waals surface area contributed by atoms with Crippen molar-refractivity contribution >= 4 is 11.6 Å². The number of benzene rings is 2. The van der Waals surface area contributed by atoms with Crippen LogP contribution in [-0.4, -0.2) is 20.8 Å². The molecule has 28 heavy (non-hydrogen) atoms. The van der Waals surface area contributed by atoms with Crippen molar-refractivity contribution < 1.29 is 9.90 Å². The van der Waals surface area contributed by atoms with E-state index in [-0.39, 0.29) is 11.7 Å². The number of nitrogens with one attached hydrogen (secondary N) is 1. The number of phenolic OH excluding ortho intramolecular Hbond substituents is 1. The SMILES string of the molecule is CCC(=O)Nc1ccc(O)c(-c2cc(C3CCC3)n(Cc3ccccc3)n2)c1. The zero-order valence-electron chi connectivity index (χ0n) is 16.1. The first-order valence-corrected chi connectivity index (χ1v) is 9.89. The minimum Gasteiger partial charge on any atom is -0.507 e. The van der Waals surface area contributed by atoms with Crippen LogP contribution in [0.25, 0.3) is 11.3 Å². The van der Waals surface area contributed by atoms with Crippen molar-refractivity contribution in [2.45, 2.75) is 45.1 Å². The number of carbonyl (C=O) groups is 1. The molecule has 144 valence electrons. The van der Waals surface area contributed by atoms with E-state index in [0.29, 0.717) is 30.1 Å². The molecule has 0 aliphatic heterocycles. The third-order valence-corrected chi connectivity index (χ3v) is 5.39. The van der Waals surface area contributed by atoms with E-state index in [4.69, 9.17) is 5.10 Å². The number of amides is 1. The molecule has 0 spiro atoms. The third kappa shape index (κ3) is 3.79. The molecule has 5 heteroatoms. The lowest BCUT2D eigenvalue weighted by Gasteiger charge is -2.26. The summed E-state index contributed by atoms with van der Waals surface area (Å²) in [4.78, 5) is 11.7. The van der Waals surface area contributed by atoms with E-state index in [0.717, 1.165) is 5.69 Å². The molecule has 3 aromatic rings. The van der Waals surface area contributed by atoms with Gasteiger partial charge in [0, 0.05) is 29.3 Å². The number of hydrogen-bond donors (Lipinski definition) is 2. The van der Waals surface area contributed by atoms with Crippen LogP contribution in [0.1, 0.15) is 49.8 Å². The highest BCUT2D eigenvalue weighted by Gasteiger charge is 2.25. The molecule has 0 atom stereocenters. The Balaban J connectivity index is 1.70. The Bertz CT molecular complexity index is 975. The van der Waals surface area contributed by atoms with Gasteiger partial charge in [-0.15, -0.1) is 0 Å². The smallest absolute Gasteiger partial charge is 0.224 e. The molecule has 1 amide bonds. The van der Waals surface area contributed by atoms with Crippen LogP contribution in [0.2, 0.25) is 0 Å². The van der Waals surface area contributed by atoms with Gasteiger partial charge >= 0.3 is 0 Å². The average Bonchev–Trinajstić information content (AvgIpc) is 3.05. The van der Waals surface area contributed by atoms with E-state index in [1.54, 1.807) is 18.2 Å². The third-order valence-electron chi connectivity index (χ3n) is 5.39. The van der Waals surface area contributed by atoms with E-state index in [1.807, 2.05) is 25.1 Å². The van der Waals surface area contributed by atoms with Crippen molar-refractivity contribution in [1.82, 2.24) is 9.78 Å². The molecular formula is C23H25N3O2. The number of rotatable bonds is 6. The summed E-state index contributed by atoms with van der Waals surface area (Å²) in [5, 5.41) is 18.1. The van der Waals surface area contributed by atoms with Crippen molar-refractivity contribution in [3.63, 3.8) is 0 Å². The second kappa shape index (κ2) is 7.89. The molecule has 1 heterocycles. The van der Waals surface area contributed by atoms with Crippen LogP contribution in [0.3, 0.4) is 0 Å². The van der Waals surface area contributed by atoms with E-state index in [9.17, 15) is 9.90 Å². The highest BCUT2D eigenvalue weighted by Crippen LogP contribution is 2.39. The van der Waals surface area contributed by atoms with Crippen LogP contribution < -0.4 is 5.32 Å². The molecule has 2 aromatic carbocycles. The molecule has 0 unspecified atom stereocenters. The van der Waals surface area contributed by atoms with E-state index in [2.05, 4.69) is 28.2 Å². The summed E-state index contributed by atoms with van der Waals surface area (Å²) < 4.78 is 2.06.